The molecule has 4 nitrogen and oxygen atoms in total. The molecule has 1 aliphatic heterocycles. The highest BCUT2D eigenvalue weighted by atomic mass is 16.3. The van der Waals surface area contributed by atoms with Crippen molar-refractivity contribution in [2.75, 3.05) is 13.1 Å². The van der Waals surface area contributed by atoms with Crippen LogP contribution in [0.3, 0.4) is 0 Å². The van der Waals surface area contributed by atoms with E-state index in [2.05, 4.69) is 64.9 Å². The van der Waals surface area contributed by atoms with Crippen LogP contribution in [-0.4, -0.2) is 38.9 Å². The third kappa shape index (κ3) is 2.80. The number of fused-ring (bicyclic) bond motifs is 5. The molecule has 1 spiro atoms. The van der Waals surface area contributed by atoms with Gasteiger partial charge in [0.1, 0.15) is 6.10 Å². The SMILES string of the molecule is CCn1c2ccccc2c2cc(CN3CCC4(CC3)c3ccccc3[C@H](O)[C@@H]4O)ccc21. The summed E-state index contributed by atoms with van der Waals surface area (Å²) in [4.78, 5) is 2.49. The first kappa shape index (κ1) is 20.0. The molecule has 1 aliphatic carbocycles. The topological polar surface area (TPSA) is 48.6 Å². The van der Waals surface area contributed by atoms with Gasteiger partial charge in [-0.2, -0.15) is 0 Å². The first-order chi connectivity index (χ1) is 15.6. The molecular weight excluding hydrogens is 396 g/mol. The van der Waals surface area contributed by atoms with Crippen LogP contribution in [-0.2, 0) is 18.5 Å². The van der Waals surface area contributed by atoms with Gasteiger partial charge in [-0.05, 0) is 67.7 Å². The Hall–Kier alpha value is -2.66. The molecule has 1 fully saturated rings. The summed E-state index contributed by atoms with van der Waals surface area (Å²) in [6, 6.07) is 23.6. The van der Waals surface area contributed by atoms with Gasteiger partial charge in [-0.25, -0.2) is 0 Å². The molecule has 1 saturated heterocycles. The summed E-state index contributed by atoms with van der Waals surface area (Å²) in [6.07, 6.45) is 0.272. The normalized spacial score (nSPS) is 22.7. The molecule has 4 heteroatoms. The number of para-hydroxylation sites is 1. The smallest absolute Gasteiger partial charge is 0.106 e. The Bertz CT molecular complexity index is 1300. The van der Waals surface area contributed by atoms with E-state index in [4.69, 9.17) is 0 Å². The lowest BCUT2D eigenvalue weighted by atomic mass is 9.72. The van der Waals surface area contributed by atoms with Crippen LogP contribution < -0.4 is 0 Å². The predicted molar refractivity (Wildman–Crippen MR) is 129 cm³/mol. The molecule has 2 aliphatic rings. The number of aryl methyl sites for hydroxylation is 1. The molecule has 2 atom stereocenters. The number of aromatic nitrogens is 1. The van der Waals surface area contributed by atoms with Gasteiger partial charge < -0.3 is 14.8 Å². The molecule has 3 aromatic carbocycles. The summed E-state index contributed by atoms with van der Waals surface area (Å²) in [6.45, 7) is 5.93. The van der Waals surface area contributed by atoms with Gasteiger partial charge in [0, 0.05) is 40.3 Å². The summed E-state index contributed by atoms with van der Waals surface area (Å²) in [7, 11) is 0. The Morgan fingerprint density at radius 1 is 0.875 bits per heavy atom. The fourth-order valence-electron chi connectivity index (χ4n) is 6.31. The highest BCUT2D eigenvalue weighted by Crippen LogP contribution is 2.50. The Balaban J connectivity index is 1.26. The van der Waals surface area contributed by atoms with E-state index < -0.39 is 12.2 Å². The molecule has 0 saturated carbocycles. The second-order valence-corrected chi connectivity index (χ2v) is 9.52. The molecule has 6 rings (SSSR count). The summed E-state index contributed by atoms with van der Waals surface area (Å²) < 4.78 is 2.39. The first-order valence-corrected chi connectivity index (χ1v) is 11.8. The van der Waals surface area contributed by atoms with Gasteiger partial charge in [-0.15, -0.1) is 0 Å². The van der Waals surface area contributed by atoms with Crippen molar-refractivity contribution in [1.82, 2.24) is 9.47 Å². The lowest BCUT2D eigenvalue weighted by molar-refractivity contribution is -0.0365. The Morgan fingerprint density at radius 3 is 2.41 bits per heavy atom. The maximum Gasteiger partial charge on any atom is 0.106 e. The van der Waals surface area contributed by atoms with Crippen LogP contribution in [0.2, 0.25) is 0 Å². The van der Waals surface area contributed by atoms with Crippen LogP contribution >= 0.6 is 0 Å². The third-order valence-electron chi connectivity index (χ3n) is 7.99. The van der Waals surface area contributed by atoms with Crippen molar-refractivity contribution in [2.45, 2.75) is 50.5 Å². The second-order valence-electron chi connectivity index (χ2n) is 9.52. The zero-order valence-corrected chi connectivity index (χ0v) is 18.5. The maximum atomic E-state index is 10.9. The molecule has 1 aromatic heterocycles. The minimum Gasteiger partial charge on any atom is -0.389 e. The second kappa shape index (κ2) is 7.45. The monoisotopic (exact) mass is 426 g/mol. The molecule has 0 radical (unpaired) electrons. The minimum absolute atomic E-state index is 0.314. The number of rotatable bonds is 3. The predicted octanol–water partition coefficient (Wildman–Crippen LogP) is 4.76. The average molecular weight is 427 g/mol. The van der Waals surface area contributed by atoms with Crippen molar-refractivity contribution in [2.24, 2.45) is 0 Å². The van der Waals surface area contributed by atoms with Gasteiger partial charge in [0.2, 0.25) is 0 Å². The Morgan fingerprint density at radius 2 is 1.59 bits per heavy atom. The molecule has 32 heavy (non-hydrogen) atoms. The average Bonchev–Trinajstić information content (AvgIpc) is 3.26. The van der Waals surface area contributed by atoms with Crippen LogP contribution in [0.25, 0.3) is 21.8 Å². The van der Waals surface area contributed by atoms with Crippen LogP contribution in [0.5, 0.6) is 0 Å². The van der Waals surface area contributed by atoms with E-state index in [1.54, 1.807) is 0 Å². The number of hydrogen-bond donors (Lipinski definition) is 2. The van der Waals surface area contributed by atoms with E-state index in [-0.39, 0.29) is 5.41 Å². The van der Waals surface area contributed by atoms with E-state index >= 15 is 0 Å². The van der Waals surface area contributed by atoms with Crippen LogP contribution in [0.15, 0.2) is 66.7 Å². The number of hydrogen-bond acceptors (Lipinski definition) is 3. The number of aliphatic hydroxyl groups is 2. The summed E-state index contributed by atoms with van der Waals surface area (Å²) in [5.41, 5.74) is 5.68. The zero-order chi connectivity index (χ0) is 21.9. The molecule has 164 valence electrons. The number of likely N-dealkylation sites (tertiary alicyclic amines) is 1. The molecule has 2 N–H and O–H groups in total. The van der Waals surface area contributed by atoms with Gasteiger partial charge in [-0.3, -0.25) is 4.90 Å². The Kier molecular flexibility index (Phi) is 4.65. The zero-order valence-electron chi connectivity index (χ0n) is 18.5. The maximum absolute atomic E-state index is 10.9. The fourth-order valence-corrected chi connectivity index (χ4v) is 6.31. The van der Waals surface area contributed by atoms with Gasteiger partial charge in [0.05, 0.1) is 6.10 Å². The van der Waals surface area contributed by atoms with Crippen molar-refractivity contribution < 1.29 is 10.2 Å². The molecule has 2 heterocycles. The Labute approximate surface area is 188 Å². The van der Waals surface area contributed by atoms with E-state index in [1.165, 1.54) is 27.4 Å². The standard InChI is InChI=1S/C28H30N2O2/c1-2-30-24-10-6-4-7-20(24)22-17-19(11-12-25(22)30)18-29-15-13-28(14-16-29)23-9-5-3-8-21(23)26(31)27(28)32/h3-12,17,26-27,31-32H,2,13-16,18H2,1H3/t26-,27-/m0/s1. The molecule has 4 aromatic rings. The minimum atomic E-state index is -0.768. The number of nitrogens with zero attached hydrogens (tertiary/aromatic N) is 2. The largest absolute Gasteiger partial charge is 0.389 e. The van der Waals surface area contributed by atoms with E-state index in [9.17, 15) is 10.2 Å². The molecule has 0 unspecified atom stereocenters. The summed E-state index contributed by atoms with van der Waals surface area (Å²) in [5.74, 6) is 0. The summed E-state index contributed by atoms with van der Waals surface area (Å²) in [5, 5.41) is 24.2. The van der Waals surface area contributed by atoms with E-state index in [1.807, 2.05) is 18.2 Å². The van der Waals surface area contributed by atoms with Gasteiger partial charge in [0.25, 0.3) is 0 Å². The van der Waals surface area contributed by atoms with Crippen molar-refractivity contribution in [3.8, 4) is 0 Å². The number of piperidine rings is 1. The van der Waals surface area contributed by atoms with Crippen molar-refractivity contribution >= 4 is 21.8 Å². The quantitative estimate of drug-likeness (QED) is 0.497. The van der Waals surface area contributed by atoms with Gasteiger partial charge >= 0.3 is 0 Å². The highest BCUT2D eigenvalue weighted by Gasteiger charge is 2.52. The van der Waals surface area contributed by atoms with Crippen LogP contribution in [0.4, 0.5) is 0 Å². The van der Waals surface area contributed by atoms with E-state index in [0.29, 0.717) is 0 Å². The highest BCUT2D eigenvalue weighted by molar-refractivity contribution is 6.08. The number of benzene rings is 3. The fraction of sp³-hybridized carbons (Fsp3) is 0.357. The molecule has 0 amide bonds. The van der Waals surface area contributed by atoms with Crippen molar-refractivity contribution in [3.63, 3.8) is 0 Å². The van der Waals surface area contributed by atoms with Crippen LogP contribution in [0.1, 0.15) is 42.6 Å². The van der Waals surface area contributed by atoms with Gasteiger partial charge in [0.15, 0.2) is 0 Å². The summed E-state index contributed by atoms with van der Waals surface area (Å²) >= 11 is 0. The van der Waals surface area contributed by atoms with E-state index in [0.717, 1.165) is 50.1 Å². The lowest BCUT2D eigenvalue weighted by Crippen LogP contribution is -2.47. The van der Waals surface area contributed by atoms with Crippen molar-refractivity contribution in [1.29, 1.82) is 0 Å². The molecule has 0 bridgehead atoms. The van der Waals surface area contributed by atoms with Gasteiger partial charge in [-0.1, -0.05) is 48.5 Å². The lowest BCUT2D eigenvalue weighted by Gasteiger charge is -2.42. The number of aliphatic hydroxyl groups excluding tert-OH is 2. The first-order valence-electron chi connectivity index (χ1n) is 11.8. The molecular formula is C28H30N2O2. The van der Waals surface area contributed by atoms with Crippen molar-refractivity contribution in [3.05, 3.63) is 83.4 Å². The third-order valence-corrected chi connectivity index (χ3v) is 7.99. The van der Waals surface area contributed by atoms with Crippen LogP contribution in [0, 0.1) is 0 Å².